The number of carbonyl (C=O) groups excluding carboxylic acids is 2. The normalized spacial score (nSPS) is 11.5. The van der Waals surface area contributed by atoms with Crippen molar-refractivity contribution in [1.82, 2.24) is 5.32 Å². The SMILES string of the molecule is CCCCCCOC(=O)NCC(O)Cc1ccc(C(=O)Nc2ccccc2)cc1. The zero-order valence-corrected chi connectivity index (χ0v) is 16.9. The predicted octanol–water partition coefficient (Wildman–Crippen LogP) is 4.15. The minimum Gasteiger partial charge on any atom is -0.450 e. The van der Waals surface area contributed by atoms with Gasteiger partial charge < -0.3 is 20.5 Å². The van der Waals surface area contributed by atoms with Crippen LogP contribution in [0.3, 0.4) is 0 Å². The van der Waals surface area contributed by atoms with Crippen LogP contribution < -0.4 is 10.6 Å². The molecule has 0 spiro atoms. The monoisotopic (exact) mass is 398 g/mol. The first-order valence-corrected chi connectivity index (χ1v) is 10.1. The Bertz CT molecular complexity index is 747. The van der Waals surface area contributed by atoms with Gasteiger partial charge in [-0.2, -0.15) is 0 Å². The second kappa shape index (κ2) is 12.6. The highest BCUT2D eigenvalue weighted by Crippen LogP contribution is 2.11. The van der Waals surface area contributed by atoms with Crippen LogP contribution in [0.15, 0.2) is 54.6 Å². The number of ether oxygens (including phenoxy) is 1. The van der Waals surface area contributed by atoms with Crippen molar-refractivity contribution in [3.63, 3.8) is 0 Å². The van der Waals surface area contributed by atoms with Crippen molar-refractivity contribution in [1.29, 1.82) is 0 Å². The number of hydrogen-bond donors (Lipinski definition) is 3. The van der Waals surface area contributed by atoms with E-state index in [4.69, 9.17) is 4.74 Å². The van der Waals surface area contributed by atoms with Crippen molar-refractivity contribution in [3.05, 3.63) is 65.7 Å². The zero-order valence-electron chi connectivity index (χ0n) is 16.9. The number of para-hydroxylation sites is 1. The first-order chi connectivity index (χ1) is 14.1. The third-order valence-corrected chi connectivity index (χ3v) is 4.43. The fraction of sp³-hybridized carbons (Fsp3) is 0.391. The van der Waals surface area contributed by atoms with Crippen LogP contribution in [0.2, 0.25) is 0 Å². The number of alkyl carbamates (subject to hydrolysis) is 1. The lowest BCUT2D eigenvalue weighted by Crippen LogP contribution is -2.33. The number of benzene rings is 2. The molecule has 1 unspecified atom stereocenters. The highest BCUT2D eigenvalue weighted by molar-refractivity contribution is 6.04. The molecule has 0 saturated heterocycles. The molecule has 2 aromatic rings. The van der Waals surface area contributed by atoms with E-state index in [-0.39, 0.29) is 12.5 Å². The summed E-state index contributed by atoms with van der Waals surface area (Å²) < 4.78 is 5.07. The highest BCUT2D eigenvalue weighted by atomic mass is 16.5. The average molecular weight is 399 g/mol. The van der Waals surface area contributed by atoms with Crippen LogP contribution in [0, 0.1) is 0 Å². The van der Waals surface area contributed by atoms with Crippen LogP contribution in [-0.4, -0.2) is 36.4 Å². The van der Waals surface area contributed by atoms with Crippen molar-refractivity contribution >= 4 is 17.7 Å². The van der Waals surface area contributed by atoms with E-state index in [2.05, 4.69) is 17.6 Å². The number of unbranched alkanes of at least 4 members (excludes halogenated alkanes) is 3. The van der Waals surface area contributed by atoms with E-state index >= 15 is 0 Å². The van der Waals surface area contributed by atoms with Crippen LogP contribution >= 0.6 is 0 Å². The molecule has 0 radical (unpaired) electrons. The number of rotatable bonds is 11. The van der Waals surface area contributed by atoms with Crippen LogP contribution in [0.25, 0.3) is 0 Å². The molecule has 0 bridgehead atoms. The van der Waals surface area contributed by atoms with Gasteiger partial charge in [-0.1, -0.05) is 56.5 Å². The summed E-state index contributed by atoms with van der Waals surface area (Å²) in [5.74, 6) is -0.188. The molecule has 29 heavy (non-hydrogen) atoms. The summed E-state index contributed by atoms with van der Waals surface area (Å²) in [4.78, 5) is 23.9. The Kier molecular flexibility index (Phi) is 9.72. The minimum atomic E-state index is -0.730. The first-order valence-electron chi connectivity index (χ1n) is 10.1. The summed E-state index contributed by atoms with van der Waals surface area (Å²) in [5.41, 5.74) is 2.15. The van der Waals surface area contributed by atoms with Gasteiger partial charge in [0.25, 0.3) is 5.91 Å². The molecule has 2 amide bonds. The number of anilines is 1. The van der Waals surface area contributed by atoms with Gasteiger partial charge >= 0.3 is 6.09 Å². The van der Waals surface area contributed by atoms with Gasteiger partial charge in [0, 0.05) is 24.2 Å². The Morgan fingerprint density at radius 2 is 1.72 bits per heavy atom. The van der Waals surface area contributed by atoms with Crippen molar-refractivity contribution in [2.45, 2.75) is 45.1 Å². The zero-order chi connectivity index (χ0) is 20.9. The maximum absolute atomic E-state index is 12.2. The summed E-state index contributed by atoms with van der Waals surface area (Å²) in [5, 5.41) is 15.5. The number of hydrogen-bond acceptors (Lipinski definition) is 4. The van der Waals surface area contributed by atoms with E-state index in [9.17, 15) is 14.7 Å². The summed E-state index contributed by atoms with van der Waals surface area (Å²) in [6, 6.07) is 16.3. The number of aliphatic hydroxyl groups is 1. The Hall–Kier alpha value is -2.86. The molecular weight excluding hydrogens is 368 g/mol. The Labute approximate surface area is 172 Å². The van der Waals surface area contributed by atoms with Crippen LogP contribution in [-0.2, 0) is 11.2 Å². The van der Waals surface area contributed by atoms with Gasteiger partial charge in [-0.3, -0.25) is 4.79 Å². The molecule has 6 nitrogen and oxygen atoms in total. The second-order valence-corrected chi connectivity index (χ2v) is 6.95. The molecule has 6 heteroatoms. The third-order valence-electron chi connectivity index (χ3n) is 4.43. The summed E-state index contributed by atoms with van der Waals surface area (Å²) in [7, 11) is 0. The van der Waals surface area contributed by atoms with E-state index in [0.29, 0.717) is 18.6 Å². The van der Waals surface area contributed by atoms with E-state index in [1.807, 2.05) is 30.3 Å². The number of aliphatic hydroxyl groups excluding tert-OH is 1. The lowest BCUT2D eigenvalue weighted by Gasteiger charge is -2.13. The predicted molar refractivity (Wildman–Crippen MR) is 114 cm³/mol. The lowest BCUT2D eigenvalue weighted by atomic mass is 10.1. The molecule has 3 N–H and O–H groups in total. The largest absolute Gasteiger partial charge is 0.450 e. The van der Waals surface area contributed by atoms with Crippen molar-refractivity contribution < 1.29 is 19.4 Å². The number of amides is 2. The third kappa shape index (κ3) is 8.79. The van der Waals surface area contributed by atoms with Gasteiger partial charge in [-0.05, 0) is 36.2 Å². The Balaban J connectivity index is 1.70. The van der Waals surface area contributed by atoms with Crippen molar-refractivity contribution in [2.75, 3.05) is 18.5 Å². The van der Waals surface area contributed by atoms with E-state index in [1.54, 1.807) is 24.3 Å². The summed E-state index contributed by atoms with van der Waals surface area (Å²) >= 11 is 0. The Morgan fingerprint density at radius 1 is 1.00 bits per heavy atom. The van der Waals surface area contributed by atoms with Crippen LogP contribution in [0.4, 0.5) is 10.5 Å². The van der Waals surface area contributed by atoms with Crippen molar-refractivity contribution in [3.8, 4) is 0 Å². The molecular formula is C23H30N2O4. The van der Waals surface area contributed by atoms with Crippen LogP contribution in [0.1, 0.15) is 48.5 Å². The summed E-state index contributed by atoms with van der Waals surface area (Å²) in [6.07, 6.45) is 3.31. The molecule has 0 aliphatic carbocycles. The first kappa shape index (κ1) is 22.4. The fourth-order valence-corrected chi connectivity index (χ4v) is 2.81. The number of nitrogens with one attached hydrogen (secondary N) is 2. The maximum Gasteiger partial charge on any atom is 0.407 e. The summed E-state index contributed by atoms with van der Waals surface area (Å²) in [6.45, 7) is 2.64. The molecule has 2 rings (SSSR count). The topological polar surface area (TPSA) is 87.7 Å². The molecule has 2 aromatic carbocycles. The van der Waals surface area contributed by atoms with Gasteiger partial charge in [0.15, 0.2) is 0 Å². The maximum atomic E-state index is 12.2. The van der Waals surface area contributed by atoms with E-state index in [1.165, 1.54) is 0 Å². The average Bonchev–Trinajstić information content (AvgIpc) is 2.73. The number of carbonyl (C=O) groups is 2. The van der Waals surface area contributed by atoms with E-state index < -0.39 is 12.2 Å². The smallest absolute Gasteiger partial charge is 0.407 e. The van der Waals surface area contributed by atoms with Gasteiger partial charge in [0.2, 0.25) is 0 Å². The van der Waals surface area contributed by atoms with Gasteiger partial charge in [0.1, 0.15) is 0 Å². The lowest BCUT2D eigenvalue weighted by molar-refractivity contribution is 0.102. The quantitative estimate of drug-likeness (QED) is 0.496. The second-order valence-electron chi connectivity index (χ2n) is 6.95. The van der Waals surface area contributed by atoms with Crippen molar-refractivity contribution in [2.24, 2.45) is 0 Å². The molecule has 1 atom stereocenters. The standard InChI is InChI=1S/C23H30N2O4/c1-2-3-4-8-15-29-23(28)24-17-21(26)16-18-11-13-19(14-12-18)22(27)25-20-9-6-5-7-10-20/h5-7,9-14,21,26H,2-4,8,15-17H2,1H3,(H,24,28)(H,25,27). The van der Waals surface area contributed by atoms with Gasteiger partial charge in [0.05, 0.1) is 12.7 Å². The Morgan fingerprint density at radius 3 is 2.41 bits per heavy atom. The molecule has 0 fully saturated rings. The molecule has 156 valence electrons. The molecule has 0 aliphatic rings. The van der Waals surface area contributed by atoms with Crippen LogP contribution in [0.5, 0.6) is 0 Å². The molecule has 0 aliphatic heterocycles. The fourth-order valence-electron chi connectivity index (χ4n) is 2.81. The molecule has 0 saturated carbocycles. The molecule has 0 aromatic heterocycles. The van der Waals surface area contributed by atoms with Gasteiger partial charge in [-0.25, -0.2) is 4.79 Å². The molecule has 0 heterocycles. The highest BCUT2D eigenvalue weighted by Gasteiger charge is 2.10. The van der Waals surface area contributed by atoms with E-state index in [0.717, 1.165) is 36.9 Å². The van der Waals surface area contributed by atoms with Gasteiger partial charge in [-0.15, -0.1) is 0 Å². The minimum absolute atomic E-state index is 0.115.